The van der Waals surface area contributed by atoms with Crippen LogP contribution in [0.25, 0.3) is 0 Å². The molecule has 0 N–H and O–H groups in total. The minimum Gasteiger partial charge on any atom is -1.00 e. The number of hydrogen-bond acceptors (Lipinski definition) is 5. The molecule has 3 fully saturated rings. The van der Waals surface area contributed by atoms with Gasteiger partial charge in [0, 0.05) is 32.2 Å². The molecule has 27 heavy (non-hydrogen) atoms. The summed E-state index contributed by atoms with van der Waals surface area (Å²) in [6.07, 6.45) is 14.5. The Morgan fingerprint density at radius 2 is 1.52 bits per heavy atom. The Hall–Kier alpha value is -0.720. The molecule has 4 rings (SSSR count). The molecule has 1 aromatic heterocycles. The van der Waals surface area contributed by atoms with Crippen LogP contribution >= 0.6 is 0 Å². The molecule has 1 atom stereocenters. The quantitative estimate of drug-likeness (QED) is 0.705. The fourth-order valence-corrected chi connectivity index (χ4v) is 5.44. The van der Waals surface area contributed by atoms with Gasteiger partial charge in [-0.05, 0) is 42.5 Å². The molecule has 6 nitrogen and oxygen atoms in total. The highest BCUT2D eigenvalue weighted by atomic mass is 35.5. The molecule has 0 aromatic carbocycles. The van der Waals surface area contributed by atoms with E-state index in [0.717, 1.165) is 18.3 Å². The Kier molecular flexibility index (Phi) is 7.91. The number of hydrogen-bond donors (Lipinski definition) is 0. The largest absolute Gasteiger partial charge is 1.00 e. The maximum atomic E-state index is 4.53. The lowest BCUT2D eigenvalue weighted by Crippen LogP contribution is -3.00. The first kappa shape index (κ1) is 21.0. The van der Waals surface area contributed by atoms with Crippen LogP contribution in [-0.2, 0) is 0 Å². The molecule has 0 radical (unpaired) electrons. The van der Waals surface area contributed by atoms with Crippen LogP contribution in [0.15, 0.2) is 0 Å². The third kappa shape index (κ3) is 4.83. The summed E-state index contributed by atoms with van der Waals surface area (Å²) in [4.78, 5) is 5.41. The van der Waals surface area contributed by atoms with Crippen LogP contribution in [0.2, 0.25) is 0 Å². The van der Waals surface area contributed by atoms with Crippen LogP contribution < -0.4 is 12.4 Å². The molecule has 1 saturated heterocycles. The highest BCUT2D eigenvalue weighted by Crippen LogP contribution is 2.33. The van der Waals surface area contributed by atoms with Crippen molar-refractivity contribution in [2.24, 2.45) is 0 Å². The first-order chi connectivity index (χ1) is 12.9. The van der Waals surface area contributed by atoms with Crippen LogP contribution in [0.4, 0.5) is 0 Å². The summed E-state index contributed by atoms with van der Waals surface area (Å²) < 4.78 is 2.20. The van der Waals surface area contributed by atoms with E-state index in [2.05, 4.69) is 36.9 Å². The van der Waals surface area contributed by atoms with Crippen molar-refractivity contribution < 1.29 is 12.4 Å². The summed E-state index contributed by atoms with van der Waals surface area (Å²) in [5, 5.41) is 13.1. The van der Waals surface area contributed by atoms with Crippen LogP contribution in [0.1, 0.15) is 95.5 Å². The Labute approximate surface area is 170 Å². The van der Waals surface area contributed by atoms with E-state index in [1.807, 2.05) is 0 Å². The number of aromatic nitrogens is 4. The number of piperazine rings is 1. The van der Waals surface area contributed by atoms with Crippen LogP contribution in [-0.4, -0.2) is 62.2 Å². The lowest BCUT2D eigenvalue weighted by atomic mass is 9.95. The molecule has 154 valence electrons. The normalized spacial score (nSPS) is 24.8. The maximum Gasteiger partial charge on any atom is 0.168 e. The third-order valence-electron chi connectivity index (χ3n) is 6.93. The van der Waals surface area contributed by atoms with Crippen molar-refractivity contribution in [1.82, 2.24) is 30.0 Å². The average molecular weight is 396 g/mol. The molecular formula is C20H36ClN6-. The minimum atomic E-state index is 0. The van der Waals surface area contributed by atoms with Gasteiger partial charge >= 0.3 is 0 Å². The van der Waals surface area contributed by atoms with Gasteiger partial charge in [0.2, 0.25) is 0 Å². The summed E-state index contributed by atoms with van der Waals surface area (Å²) in [5.74, 6) is 1.13. The monoisotopic (exact) mass is 395 g/mol. The Morgan fingerprint density at radius 3 is 2.19 bits per heavy atom. The second kappa shape index (κ2) is 10.2. The first-order valence-electron chi connectivity index (χ1n) is 11.1. The van der Waals surface area contributed by atoms with Gasteiger partial charge in [-0.2, -0.15) is 0 Å². The molecule has 0 bridgehead atoms. The van der Waals surface area contributed by atoms with Crippen LogP contribution in [0, 0.1) is 0 Å². The molecule has 2 aliphatic carbocycles. The number of tetrazole rings is 1. The van der Waals surface area contributed by atoms with Crippen molar-refractivity contribution in [1.29, 1.82) is 0 Å². The van der Waals surface area contributed by atoms with Crippen molar-refractivity contribution in [2.45, 2.75) is 95.7 Å². The lowest BCUT2D eigenvalue weighted by Gasteiger charge is -2.41. The van der Waals surface area contributed by atoms with Gasteiger partial charge in [0.1, 0.15) is 0 Å². The van der Waals surface area contributed by atoms with Gasteiger partial charge in [-0.1, -0.05) is 45.4 Å². The van der Waals surface area contributed by atoms with E-state index < -0.39 is 0 Å². The fourth-order valence-electron chi connectivity index (χ4n) is 5.44. The van der Waals surface area contributed by atoms with Crippen molar-refractivity contribution in [2.75, 3.05) is 26.2 Å². The second-order valence-electron chi connectivity index (χ2n) is 8.59. The van der Waals surface area contributed by atoms with E-state index in [1.54, 1.807) is 0 Å². The van der Waals surface area contributed by atoms with Crippen LogP contribution in [0.3, 0.4) is 0 Å². The summed E-state index contributed by atoms with van der Waals surface area (Å²) in [7, 11) is 0. The maximum absolute atomic E-state index is 4.53. The van der Waals surface area contributed by atoms with Crippen molar-refractivity contribution in [3.05, 3.63) is 5.82 Å². The number of rotatable bonds is 6. The van der Waals surface area contributed by atoms with Gasteiger partial charge in [0.25, 0.3) is 0 Å². The molecule has 1 aliphatic heterocycles. The highest BCUT2D eigenvalue weighted by molar-refractivity contribution is 4.97. The summed E-state index contributed by atoms with van der Waals surface area (Å²) in [6, 6.07) is 1.77. The standard InChI is InChI=1S/C20H36N6.ClH/c1-2-8-19(20-21-22-23-26(20)18-11-4-3-5-12-18)25-15-13-24(14-16-25)17-9-6-7-10-17;/h17-19H,2-16H2,1H3;1H/p-1. The van der Waals surface area contributed by atoms with Gasteiger partial charge in [-0.25, -0.2) is 4.68 Å². The lowest BCUT2D eigenvalue weighted by molar-refractivity contribution is -0.00000579. The molecule has 0 spiro atoms. The van der Waals surface area contributed by atoms with E-state index in [9.17, 15) is 0 Å². The zero-order chi connectivity index (χ0) is 17.8. The highest BCUT2D eigenvalue weighted by Gasteiger charge is 2.32. The number of halogens is 1. The number of nitrogens with zero attached hydrogens (tertiary/aromatic N) is 6. The van der Waals surface area contributed by atoms with Crippen molar-refractivity contribution in [3.63, 3.8) is 0 Å². The van der Waals surface area contributed by atoms with Gasteiger partial charge < -0.3 is 12.4 Å². The zero-order valence-corrected chi connectivity index (χ0v) is 17.7. The molecule has 2 heterocycles. The predicted molar refractivity (Wildman–Crippen MR) is 103 cm³/mol. The Balaban J connectivity index is 0.00000210. The molecule has 2 saturated carbocycles. The molecule has 1 unspecified atom stereocenters. The smallest absolute Gasteiger partial charge is 0.168 e. The summed E-state index contributed by atoms with van der Waals surface area (Å²) >= 11 is 0. The van der Waals surface area contributed by atoms with Gasteiger partial charge in [-0.3, -0.25) is 9.80 Å². The third-order valence-corrected chi connectivity index (χ3v) is 6.93. The van der Waals surface area contributed by atoms with Crippen LogP contribution in [0.5, 0.6) is 0 Å². The predicted octanol–water partition coefficient (Wildman–Crippen LogP) is 0.584. The SMILES string of the molecule is CCCC(c1nnnn1C1CCCCC1)N1CCN(C2CCCC2)CC1.[Cl-]. The Bertz CT molecular complexity index is 544. The summed E-state index contributed by atoms with van der Waals surface area (Å²) in [5.41, 5.74) is 0. The summed E-state index contributed by atoms with van der Waals surface area (Å²) in [6.45, 7) is 7.06. The van der Waals surface area contributed by atoms with Gasteiger partial charge in [0.05, 0.1) is 12.1 Å². The second-order valence-corrected chi connectivity index (χ2v) is 8.59. The first-order valence-corrected chi connectivity index (χ1v) is 11.1. The molecule has 7 heteroatoms. The Morgan fingerprint density at radius 1 is 0.889 bits per heavy atom. The van der Waals surface area contributed by atoms with Gasteiger partial charge in [0.15, 0.2) is 5.82 Å². The zero-order valence-electron chi connectivity index (χ0n) is 16.9. The molecular weight excluding hydrogens is 360 g/mol. The molecule has 3 aliphatic rings. The van der Waals surface area contributed by atoms with E-state index in [4.69, 9.17) is 0 Å². The van der Waals surface area contributed by atoms with E-state index in [0.29, 0.717) is 12.1 Å². The molecule has 1 aromatic rings. The van der Waals surface area contributed by atoms with Gasteiger partial charge in [-0.15, -0.1) is 5.10 Å². The topological polar surface area (TPSA) is 50.1 Å². The van der Waals surface area contributed by atoms with E-state index in [1.165, 1.54) is 90.4 Å². The van der Waals surface area contributed by atoms with Crippen molar-refractivity contribution >= 4 is 0 Å². The average Bonchev–Trinajstić information content (AvgIpc) is 3.39. The molecule has 0 amide bonds. The van der Waals surface area contributed by atoms with E-state index >= 15 is 0 Å². The van der Waals surface area contributed by atoms with E-state index in [-0.39, 0.29) is 12.4 Å². The van der Waals surface area contributed by atoms with Crippen molar-refractivity contribution in [3.8, 4) is 0 Å². The minimum absolute atomic E-state index is 0. The fraction of sp³-hybridized carbons (Fsp3) is 0.950.